The van der Waals surface area contributed by atoms with Crippen LogP contribution in [0.3, 0.4) is 0 Å². The fraction of sp³-hybridized carbons (Fsp3) is 0.682. The lowest BCUT2D eigenvalue weighted by Gasteiger charge is -2.39. The van der Waals surface area contributed by atoms with Crippen LogP contribution in [0.1, 0.15) is 24.8 Å². The quantitative estimate of drug-likeness (QED) is 0.536. The first-order valence-corrected chi connectivity index (χ1v) is 11.6. The maximum Gasteiger partial charge on any atom is 0.490 e. The largest absolute Gasteiger partial charge is 0.490 e. The lowest BCUT2D eigenvalue weighted by molar-refractivity contribution is -0.193. The van der Waals surface area contributed by atoms with E-state index in [0.29, 0.717) is 6.04 Å². The highest BCUT2D eigenvalue weighted by Crippen LogP contribution is 2.33. The summed E-state index contributed by atoms with van der Waals surface area (Å²) in [5.74, 6) is -5.31. The highest BCUT2D eigenvalue weighted by atomic mass is 19.4. The molecule has 4 rings (SSSR count). The first-order valence-electron chi connectivity index (χ1n) is 11.6. The third kappa shape index (κ3) is 9.47. The Hall–Kier alpha value is -2.85. The Morgan fingerprint density at radius 2 is 1.47 bits per heavy atom. The second kappa shape index (κ2) is 13.3. The number of carbonyl (C=O) groups is 3. The number of furan rings is 1. The maximum atomic E-state index is 12.7. The molecule has 216 valence electrons. The van der Waals surface area contributed by atoms with Crippen molar-refractivity contribution in [2.24, 2.45) is 0 Å². The Morgan fingerprint density at radius 3 is 1.95 bits per heavy atom. The molecule has 0 saturated carbocycles. The molecule has 10 nitrogen and oxygen atoms in total. The molecule has 0 spiro atoms. The molecule has 0 aliphatic carbocycles. The summed E-state index contributed by atoms with van der Waals surface area (Å²) in [4.78, 5) is 37.3. The minimum absolute atomic E-state index is 0.201. The van der Waals surface area contributed by atoms with Gasteiger partial charge in [-0.15, -0.1) is 0 Å². The number of amides is 1. The summed E-state index contributed by atoms with van der Waals surface area (Å²) >= 11 is 0. The molecule has 4 heterocycles. The smallest absolute Gasteiger partial charge is 0.475 e. The van der Waals surface area contributed by atoms with Gasteiger partial charge in [0.25, 0.3) is 5.91 Å². The van der Waals surface area contributed by atoms with Gasteiger partial charge in [0.05, 0.1) is 18.6 Å². The van der Waals surface area contributed by atoms with Crippen molar-refractivity contribution in [2.45, 2.75) is 56.4 Å². The molecule has 0 unspecified atom stereocenters. The number of hydrogen-bond acceptors (Lipinski definition) is 7. The normalized spacial score (nSPS) is 24.4. The van der Waals surface area contributed by atoms with Gasteiger partial charge in [0.15, 0.2) is 0 Å². The number of rotatable bonds is 3. The molecule has 16 heteroatoms. The van der Waals surface area contributed by atoms with E-state index in [1.807, 2.05) is 17.2 Å². The van der Waals surface area contributed by atoms with Crippen molar-refractivity contribution >= 4 is 17.8 Å². The number of halogens is 6. The Labute approximate surface area is 213 Å². The van der Waals surface area contributed by atoms with Crippen LogP contribution in [0, 0.1) is 0 Å². The van der Waals surface area contributed by atoms with E-state index >= 15 is 0 Å². The van der Waals surface area contributed by atoms with E-state index < -0.39 is 24.3 Å². The zero-order chi connectivity index (χ0) is 28.7. The van der Waals surface area contributed by atoms with Crippen molar-refractivity contribution < 1.29 is 60.1 Å². The third-order valence-electron chi connectivity index (χ3n) is 6.20. The lowest BCUT2D eigenvalue weighted by Crippen LogP contribution is -2.53. The Balaban J connectivity index is 0.000000301. The minimum Gasteiger partial charge on any atom is -0.475 e. The molecule has 3 aliphatic heterocycles. The van der Waals surface area contributed by atoms with Gasteiger partial charge in [-0.2, -0.15) is 26.3 Å². The third-order valence-corrected chi connectivity index (χ3v) is 6.20. The average molecular weight is 561 g/mol. The van der Waals surface area contributed by atoms with Gasteiger partial charge in [-0.05, 0) is 32.4 Å². The first-order chi connectivity index (χ1) is 17.6. The molecule has 0 bridgehead atoms. The zero-order valence-electron chi connectivity index (χ0n) is 20.4. The molecule has 0 radical (unpaired) electrons. The van der Waals surface area contributed by atoms with Crippen LogP contribution in [0.2, 0.25) is 0 Å². The SMILES string of the molecule is CN1CCN(C(=O)[C@H]2CC[C@@H]3[C@@H](CCN3Cc3ccoc3)O2)CC1.O=C(O)C(F)(F)F.O=C(O)C(F)(F)F. The highest BCUT2D eigenvalue weighted by molar-refractivity contribution is 5.81. The molecule has 38 heavy (non-hydrogen) atoms. The van der Waals surface area contributed by atoms with Gasteiger partial charge in [-0.3, -0.25) is 9.69 Å². The van der Waals surface area contributed by atoms with E-state index in [1.54, 1.807) is 6.26 Å². The van der Waals surface area contributed by atoms with Crippen molar-refractivity contribution in [1.82, 2.24) is 14.7 Å². The van der Waals surface area contributed by atoms with Crippen LogP contribution in [-0.4, -0.2) is 113 Å². The molecule has 1 aromatic heterocycles. The number of likely N-dealkylation sites (tertiary alicyclic amines) is 1. The van der Waals surface area contributed by atoms with Crippen molar-refractivity contribution in [3.05, 3.63) is 24.2 Å². The fourth-order valence-corrected chi connectivity index (χ4v) is 4.24. The molecule has 0 aromatic carbocycles. The van der Waals surface area contributed by atoms with Crippen LogP contribution < -0.4 is 0 Å². The molecule has 1 aromatic rings. The summed E-state index contributed by atoms with van der Waals surface area (Å²) in [5, 5.41) is 14.2. The van der Waals surface area contributed by atoms with E-state index in [2.05, 4.69) is 16.8 Å². The van der Waals surface area contributed by atoms with E-state index in [4.69, 9.17) is 29.0 Å². The monoisotopic (exact) mass is 561 g/mol. The molecule has 1 amide bonds. The van der Waals surface area contributed by atoms with Crippen molar-refractivity contribution in [3.8, 4) is 0 Å². The summed E-state index contributed by atoms with van der Waals surface area (Å²) in [6.45, 7) is 5.53. The van der Waals surface area contributed by atoms with Gasteiger partial charge in [0.2, 0.25) is 0 Å². The van der Waals surface area contributed by atoms with Gasteiger partial charge < -0.3 is 29.2 Å². The number of ether oxygens (including phenoxy) is 1. The Kier molecular flexibility index (Phi) is 11.0. The molecule has 3 aliphatic rings. The molecular formula is C22H29F6N3O7. The van der Waals surface area contributed by atoms with Crippen molar-refractivity contribution in [1.29, 1.82) is 0 Å². The number of carboxylic acid groups (broad SMARTS) is 2. The second-order valence-corrected chi connectivity index (χ2v) is 8.93. The summed E-state index contributed by atoms with van der Waals surface area (Å²) in [5.41, 5.74) is 1.21. The number of carbonyl (C=O) groups excluding carboxylic acids is 1. The number of hydrogen-bond donors (Lipinski definition) is 2. The summed E-state index contributed by atoms with van der Waals surface area (Å²) < 4.78 is 74.9. The highest BCUT2D eigenvalue weighted by Gasteiger charge is 2.43. The van der Waals surface area contributed by atoms with E-state index in [1.165, 1.54) is 5.56 Å². The lowest BCUT2D eigenvalue weighted by atomic mass is 9.98. The average Bonchev–Trinajstić information content (AvgIpc) is 3.49. The zero-order valence-corrected chi connectivity index (χ0v) is 20.4. The number of nitrogens with zero attached hydrogens (tertiary/aromatic N) is 3. The van der Waals surface area contributed by atoms with Crippen LogP contribution in [0.25, 0.3) is 0 Å². The topological polar surface area (TPSA) is 124 Å². The number of alkyl halides is 6. The van der Waals surface area contributed by atoms with E-state index in [0.717, 1.165) is 58.5 Å². The number of fused-ring (bicyclic) bond motifs is 1. The molecular weight excluding hydrogens is 532 g/mol. The summed E-state index contributed by atoms with van der Waals surface area (Å²) in [7, 11) is 2.11. The van der Waals surface area contributed by atoms with Crippen molar-refractivity contribution in [3.63, 3.8) is 0 Å². The van der Waals surface area contributed by atoms with Crippen LogP contribution in [0.4, 0.5) is 26.3 Å². The fourth-order valence-electron chi connectivity index (χ4n) is 4.24. The van der Waals surface area contributed by atoms with E-state index in [-0.39, 0.29) is 18.1 Å². The van der Waals surface area contributed by atoms with Crippen LogP contribution in [0.5, 0.6) is 0 Å². The molecule has 3 saturated heterocycles. The van der Waals surface area contributed by atoms with Gasteiger partial charge in [0, 0.05) is 50.9 Å². The van der Waals surface area contributed by atoms with E-state index in [9.17, 15) is 31.1 Å². The number of piperazine rings is 1. The minimum atomic E-state index is -5.08. The summed E-state index contributed by atoms with van der Waals surface area (Å²) in [6, 6.07) is 2.47. The van der Waals surface area contributed by atoms with Gasteiger partial charge in [0.1, 0.15) is 6.10 Å². The first kappa shape index (κ1) is 31.4. The van der Waals surface area contributed by atoms with Crippen molar-refractivity contribution in [2.75, 3.05) is 39.8 Å². The summed E-state index contributed by atoms with van der Waals surface area (Å²) in [6.07, 6.45) is -3.74. The van der Waals surface area contributed by atoms with Gasteiger partial charge in [-0.1, -0.05) is 0 Å². The van der Waals surface area contributed by atoms with Gasteiger partial charge in [-0.25, -0.2) is 9.59 Å². The Bertz CT molecular complexity index is 894. The molecule has 3 fully saturated rings. The molecule has 3 atom stereocenters. The van der Waals surface area contributed by atoms with Gasteiger partial charge >= 0.3 is 24.3 Å². The predicted octanol–water partition coefficient (Wildman–Crippen LogP) is 2.44. The second-order valence-electron chi connectivity index (χ2n) is 8.93. The van der Waals surface area contributed by atoms with Crippen LogP contribution >= 0.6 is 0 Å². The number of aliphatic carboxylic acids is 2. The van der Waals surface area contributed by atoms with Crippen LogP contribution in [-0.2, 0) is 25.7 Å². The predicted molar refractivity (Wildman–Crippen MR) is 117 cm³/mol. The Morgan fingerprint density at radius 1 is 0.921 bits per heavy atom. The standard InChI is InChI=1S/C18H27N3O3.2C2HF3O2/c1-19-7-9-20(10-8-19)18(22)17-3-2-15-16(24-17)4-6-21(15)12-14-5-11-23-13-14;2*3-2(4,5)1(6)7/h5,11,13,15-17H,2-4,6-10,12H2,1H3;2*(H,6,7)/t15-,16-,17-;;/m1../s1. The van der Waals surface area contributed by atoms with Crippen LogP contribution in [0.15, 0.2) is 23.0 Å². The number of carboxylic acids is 2. The molecule has 2 N–H and O–H groups in total. The number of likely N-dealkylation sites (N-methyl/N-ethyl adjacent to an activating group) is 1. The maximum absolute atomic E-state index is 12.7.